The van der Waals surface area contributed by atoms with Gasteiger partial charge in [0.05, 0.1) is 15.2 Å². The standard InChI is InChI=1S/C18H19N3O2S2/c1-12-11-24-18(23)21(12)10-16(22)20-8-4-5-13(9-20)17-19-14-6-2-3-7-15(14)25-17/h2-3,6-7,11,13H,4-5,8-10H2,1H3/t13-/m0/s1. The van der Waals surface area contributed by atoms with Gasteiger partial charge in [0, 0.05) is 30.1 Å². The summed E-state index contributed by atoms with van der Waals surface area (Å²) in [4.78, 5) is 31.1. The minimum absolute atomic E-state index is 0.0226. The molecular formula is C18H19N3O2S2. The molecule has 2 aromatic heterocycles. The molecule has 0 spiro atoms. The van der Waals surface area contributed by atoms with Gasteiger partial charge in [-0.05, 0) is 31.9 Å². The van der Waals surface area contributed by atoms with E-state index < -0.39 is 0 Å². The van der Waals surface area contributed by atoms with E-state index in [1.54, 1.807) is 21.3 Å². The molecule has 130 valence electrons. The van der Waals surface area contributed by atoms with Gasteiger partial charge in [-0.3, -0.25) is 14.2 Å². The van der Waals surface area contributed by atoms with Crippen LogP contribution in [-0.2, 0) is 11.3 Å². The lowest BCUT2D eigenvalue weighted by Gasteiger charge is -2.32. The topological polar surface area (TPSA) is 55.2 Å². The van der Waals surface area contributed by atoms with Crippen molar-refractivity contribution in [3.8, 4) is 0 Å². The van der Waals surface area contributed by atoms with Crippen molar-refractivity contribution in [1.82, 2.24) is 14.5 Å². The summed E-state index contributed by atoms with van der Waals surface area (Å²) in [7, 11) is 0. The number of likely N-dealkylation sites (tertiary alicyclic amines) is 1. The normalized spacial score (nSPS) is 18.0. The molecule has 7 heteroatoms. The molecule has 0 bridgehead atoms. The number of thiazole rings is 2. The van der Waals surface area contributed by atoms with Gasteiger partial charge < -0.3 is 4.90 Å². The number of piperidine rings is 1. The second-order valence-corrected chi connectivity index (χ2v) is 8.31. The highest BCUT2D eigenvalue weighted by molar-refractivity contribution is 7.18. The summed E-state index contributed by atoms with van der Waals surface area (Å²) in [5.74, 6) is 0.310. The molecule has 1 fully saturated rings. The Morgan fingerprint density at radius 3 is 2.96 bits per heavy atom. The van der Waals surface area contributed by atoms with Crippen molar-refractivity contribution in [1.29, 1.82) is 0 Å². The molecular weight excluding hydrogens is 354 g/mol. The summed E-state index contributed by atoms with van der Waals surface area (Å²) >= 11 is 2.87. The number of hydrogen-bond acceptors (Lipinski definition) is 5. The Labute approximate surface area is 153 Å². The fourth-order valence-electron chi connectivity index (χ4n) is 3.30. The molecule has 1 aliphatic rings. The molecule has 1 saturated heterocycles. The lowest BCUT2D eigenvalue weighted by molar-refractivity contribution is -0.133. The molecule has 0 N–H and O–H groups in total. The first kappa shape index (κ1) is 16.5. The van der Waals surface area contributed by atoms with E-state index in [0.717, 1.165) is 46.9 Å². The predicted molar refractivity (Wildman–Crippen MR) is 101 cm³/mol. The van der Waals surface area contributed by atoms with Crippen molar-refractivity contribution in [3.05, 3.63) is 50.0 Å². The third-order valence-electron chi connectivity index (χ3n) is 4.70. The second kappa shape index (κ2) is 6.72. The first-order chi connectivity index (χ1) is 12.1. The monoisotopic (exact) mass is 373 g/mol. The summed E-state index contributed by atoms with van der Waals surface area (Å²) < 4.78 is 2.76. The number of nitrogens with zero attached hydrogens (tertiary/aromatic N) is 3. The Morgan fingerprint density at radius 2 is 2.20 bits per heavy atom. The van der Waals surface area contributed by atoms with E-state index >= 15 is 0 Å². The van der Waals surface area contributed by atoms with Crippen molar-refractivity contribution in [2.45, 2.75) is 32.2 Å². The molecule has 0 radical (unpaired) electrons. The van der Waals surface area contributed by atoms with Crippen molar-refractivity contribution in [2.75, 3.05) is 13.1 Å². The van der Waals surface area contributed by atoms with Crippen LogP contribution in [0.25, 0.3) is 10.2 Å². The smallest absolute Gasteiger partial charge is 0.307 e. The van der Waals surface area contributed by atoms with Crippen LogP contribution < -0.4 is 4.87 Å². The van der Waals surface area contributed by atoms with E-state index in [2.05, 4.69) is 6.07 Å². The lowest BCUT2D eigenvalue weighted by Crippen LogP contribution is -2.41. The van der Waals surface area contributed by atoms with E-state index in [1.165, 1.54) is 4.70 Å². The van der Waals surface area contributed by atoms with Crippen LogP contribution in [0.3, 0.4) is 0 Å². The van der Waals surface area contributed by atoms with Gasteiger partial charge >= 0.3 is 4.87 Å². The van der Waals surface area contributed by atoms with Crippen molar-refractivity contribution >= 4 is 38.8 Å². The maximum Gasteiger partial charge on any atom is 0.307 e. The fraction of sp³-hybridized carbons (Fsp3) is 0.389. The number of aryl methyl sites for hydroxylation is 1. The van der Waals surface area contributed by atoms with Gasteiger partial charge in [-0.25, -0.2) is 4.98 Å². The Balaban J connectivity index is 1.50. The number of rotatable bonds is 3. The highest BCUT2D eigenvalue weighted by Crippen LogP contribution is 2.33. The molecule has 0 saturated carbocycles. The van der Waals surface area contributed by atoms with Crippen molar-refractivity contribution in [3.63, 3.8) is 0 Å². The molecule has 0 unspecified atom stereocenters. The molecule has 1 aromatic carbocycles. The fourth-order valence-corrected chi connectivity index (χ4v) is 5.13. The van der Waals surface area contributed by atoms with E-state index in [-0.39, 0.29) is 23.2 Å². The van der Waals surface area contributed by atoms with Crippen LogP contribution in [0.1, 0.15) is 29.5 Å². The summed E-state index contributed by atoms with van der Waals surface area (Å²) in [6, 6.07) is 8.16. The first-order valence-electron chi connectivity index (χ1n) is 8.40. The van der Waals surface area contributed by atoms with E-state index in [9.17, 15) is 9.59 Å². The average Bonchev–Trinajstić information content (AvgIpc) is 3.20. The Bertz CT molecular complexity index is 939. The van der Waals surface area contributed by atoms with Crippen LogP contribution in [0.4, 0.5) is 0 Å². The highest BCUT2D eigenvalue weighted by Gasteiger charge is 2.27. The van der Waals surface area contributed by atoms with Gasteiger partial charge in [0.25, 0.3) is 0 Å². The molecule has 3 heterocycles. The number of carbonyl (C=O) groups excluding carboxylic acids is 1. The first-order valence-corrected chi connectivity index (χ1v) is 10.1. The van der Waals surface area contributed by atoms with E-state index in [0.29, 0.717) is 6.54 Å². The summed E-state index contributed by atoms with van der Waals surface area (Å²) in [6.07, 6.45) is 2.03. The second-order valence-electron chi connectivity index (χ2n) is 6.43. The zero-order valence-corrected chi connectivity index (χ0v) is 15.6. The van der Waals surface area contributed by atoms with Crippen LogP contribution >= 0.6 is 22.7 Å². The van der Waals surface area contributed by atoms with E-state index in [1.807, 2.05) is 30.0 Å². The van der Waals surface area contributed by atoms with Gasteiger partial charge in [-0.15, -0.1) is 11.3 Å². The largest absolute Gasteiger partial charge is 0.340 e. The maximum atomic E-state index is 12.7. The molecule has 1 atom stereocenters. The third kappa shape index (κ3) is 3.26. The lowest BCUT2D eigenvalue weighted by atomic mass is 9.98. The number of carbonyl (C=O) groups is 1. The molecule has 0 aliphatic carbocycles. The molecule has 3 aromatic rings. The number of hydrogen-bond donors (Lipinski definition) is 0. The quantitative estimate of drug-likeness (QED) is 0.708. The average molecular weight is 374 g/mol. The number of amides is 1. The zero-order valence-electron chi connectivity index (χ0n) is 14.0. The number of fused-ring (bicyclic) bond motifs is 1. The molecule has 4 rings (SSSR count). The third-order valence-corrected chi connectivity index (χ3v) is 6.78. The summed E-state index contributed by atoms with van der Waals surface area (Å²) in [5, 5.41) is 2.91. The van der Waals surface area contributed by atoms with Crippen LogP contribution in [0.2, 0.25) is 0 Å². The maximum absolute atomic E-state index is 12.7. The van der Waals surface area contributed by atoms with Gasteiger partial charge in [0.2, 0.25) is 5.91 Å². The number of benzene rings is 1. The SMILES string of the molecule is Cc1csc(=O)n1CC(=O)N1CCC[C@H](c2nc3ccccc3s2)C1. The molecule has 1 aliphatic heterocycles. The van der Waals surface area contributed by atoms with Crippen molar-refractivity contribution < 1.29 is 4.79 Å². The molecule has 25 heavy (non-hydrogen) atoms. The van der Waals surface area contributed by atoms with Crippen LogP contribution in [-0.4, -0.2) is 33.4 Å². The number of para-hydroxylation sites is 1. The van der Waals surface area contributed by atoms with Crippen molar-refractivity contribution in [2.24, 2.45) is 0 Å². The molecule has 1 amide bonds. The minimum atomic E-state index is -0.0643. The molecule has 5 nitrogen and oxygen atoms in total. The minimum Gasteiger partial charge on any atom is -0.340 e. The van der Waals surface area contributed by atoms with Crippen LogP contribution in [0.15, 0.2) is 34.4 Å². The van der Waals surface area contributed by atoms with Crippen LogP contribution in [0, 0.1) is 6.92 Å². The van der Waals surface area contributed by atoms with Gasteiger partial charge in [0.1, 0.15) is 6.54 Å². The Kier molecular flexibility index (Phi) is 4.43. The summed E-state index contributed by atoms with van der Waals surface area (Å²) in [6.45, 7) is 3.46. The van der Waals surface area contributed by atoms with Crippen LogP contribution in [0.5, 0.6) is 0 Å². The summed E-state index contributed by atoms with van der Waals surface area (Å²) in [5.41, 5.74) is 1.88. The highest BCUT2D eigenvalue weighted by atomic mass is 32.1. The zero-order chi connectivity index (χ0) is 17.4. The van der Waals surface area contributed by atoms with Gasteiger partial charge in [-0.1, -0.05) is 23.5 Å². The Morgan fingerprint density at radius 1 is 1.36 bits per heavy atom. The van der Waals surface area contributed by atoms with E-state index in [4.69, 9.17) is 4.98 Å². The van der Waals surface area contributed by atoms with Gasteiger partial charge in [-0.2, -0.15) is 0 Å². The number of aromatic nitrogens is 2. The Hall–Kier alpha value is -1.99. The van der Waals surface area contributed by atoms with Gasteiger partial charge in [0.15, 0.2) is 0 Å². The predicted octanol–water partition coefficient (Wildman–Crippen LogP) is 3.23.